The molecule has 10 nitrogen and oxygen atoms in total. The van der Waals surface area contributed by atoms with Crippen molar-refractivity contribution in [3.8, 4) is 5.75 Å². The third-order valence-electron chi connectivity index (χ3n) is 0.756. The summed E-state index contributed by atoms with van der Waals surface area (Å²) in [4.78, 5) is 65.1. The Labute approximate surface area is 112 Å². The van der Waals surface area contributed by atoms with Gasteiger partial charge in [0.1, 0.15) is 5.75 Å². The van der Waals surface area contributed by atoms with E-state index in [1.54, 1.807) is 24.3 Å². The molecule has 0 unspecified atom stereocenters. The van der Waals surface area contributed by atoms with E-state index in [0.717, 1.165) is 0 Å². The summed E-state index contributed by atoms with van der Waals surface area (Å²) in [6.45, 7) is 0. The Morgan fingerprint density at radius 3 is 0.842 bits per heavy atom. The molecule has 0 aromatic heterocycles. The van der Waals surface area contributed by atoms with Crippen LogP contribution in [0.3, 0.4) is 0 Å². The molecule has 1 aromatic carbocycles. The molecule has 0 aliphatic heterocycles. The first-order valence-electron chi connectivity index (χ1n) is 3.93. The number of phenols is 1. The largest absolute Gasteiger partial charge is 0.508 e. The van der Waals surface area contributed by atoms with Gasteiger partial charge in [0.05, 0.1) is 0 Å². The Balaban J connectivity index is -0.000000189. The number of aromatic hydroxyl groups is 1. The predicted octanol–water partition coefficient (Wildman–Crippen LogP) is -1.04. The van der Waals surface area contributed by atoms with Gasteiger partial charge in [-0.1, -0.05) is 18.2 Å². The van der Waals surface area contributed by atoms with Crippen LogP contribution in [0.4, 0.5) is 0 Å². The van der Waals surface area contributed by atoms with Crippen molar-refractivity contribution in [2.45, 2.75) is 0 Å². The Bertz CT molecular complexity index is 236. The van der Waals surface area contributed by atoms with Crippen LogP contribution < -0.4 is 0 Å². The van der Waals surface area contributed by atoms with E-state index in [0.29, 0.717) is 5.75 Å². The minimum absolute atomic E-state index is 0.322. The summed E-state index contributed by atoms with van der Waals surface area (Å²) in [7, 11) is -7.86. The molecule has 0 aliphatic carbocycles. The fourth-order valence-corrected chi connectivity index (χ4v) is 0.428. The van der Waals surface area contributed by atoms with Crippen molar-refractivity contribution in [2.75, 3.05) is 0 Å². The molecule has 0 radical (unpaired) electrons. The lowest BCUT2D eigenvalue weighted by molar-refractivity contribution is 0.366. The second kappa shape index (κ2) is 17.9. The molecule has 0 saturated carbocycles. The molecular formula is C6H15O10P3. The number of benzene rings is 1. The average Bonchev–Trinajstić information content (AvgIpc) is 2.15. The van der Waals surface area contributed by atoms with E-state index in [4.69, 9.17) is 49.1 Å². The summed E-state index contributed by atoms with van der Waals surface area (Å²) < 4.78 is 0. The molecule has 1 aromatic rings. The maximum Gasteiger partial charge on any atom is 0.324 e. The Hall–Kier alpha value is -0.0500. The van der Waals surface area contributed by atoms with Gasteiger partial charge in [-0.2, -0.15) is 0 Å². The SMILES string of the molecule is OP(O)O.OP(O)O.OP(O)O.Oc1ccccc1. The highest BCUT2D eigenvalue weighted by molar-refractivity contribution is 7.38. The highest BCUT2D eigenvalue weighted by Gasteiger charge is 1.77. The standard InChI is InChI=1S/C6H6O.3H3O3P/c7-6-4-2-1-3-5-6;3*1-4(2)3/h1-5,7H;3*1-3H. The molecule has 19 heavy (non-hydrogen) atoms. The topological polar surface area (TPSA) is 202 Å². The lowest BCUT2D eigenvalue weighted by atomic mass is 10.3. The van der Waals surface area contributed by atoms with Gasteiger partial charge in [0.25, 0.3) is 0 Å². The number of para-hydroxylation sites is 1. The second-order valence-corrected chi connectivity index (χ2v) is 3.75. The van der Waals surface area contributed by atoms with Crippen LogP contribution in [-0.4, -0.2) is 49.1 Å². The number of hydrogen-bond donors (Lipinski definition) is 10. The molecule has 13 heteroatoms. The molecule has 0 spiro atoms. The molecule has 0 amide bonds. The van der Waals surface area contributed by atoms with Gasteiger partial charge in [-0.3, -0.25) is 0 Å². The summed E-state index contributed by atoms with van der Waals surface area (Å²) >= 11 is 0. The highest BCUT2D eigenvalue weighted by atomic mass is 31.2. The zero-order chi connectivity index (χ0) is 15.8. The first-order chi connectivity index (χ1) is 8.59. The normalized spacial score (nSPS) is 8.84. The van der Waals surface area contributed by atoms with Crippen molar-refractivity contribution in [3.05, 3.63) is 30.3 Å². The summed E-state index contributed by atoms with van der Waals surface area (Å²) in [5, 5.41) is 8.63. The second-order valence-electron chi connectivity index (χ2n) is 2.14. The van der Waals surface area contributed by atoms with Crippen molar-refractivity contribution in [3.63, 3.8) is 0 Å². The molecule has 114 valence electrons. The lowest BCUT2D eigenvalue weighted by Crippen LogP contribution is -1.56. The van der Waals surface area contributed by atoms with Gasteiger partial charge in [0.15, 0.2) is 0 Å². The third-order valence-corrected chi connectivity index (χ3v) is 0.756. The summed E-state index contributed by atoms with van der Waals surface area (Å²) in [5.74, 6) is 0.322. The van der Waals surface area contributed by atoms with Crippen LogP contribution in [0.2, 0.25) is 0 Å². The molecule has 0 fully saturated rings. The van der Waals surface area contributed by atoms with Gasteiger partial charge >= 0.3 is 25.8 Å². The first kappa shape index (κ1) is 24.0. The molecule has 0 aliphatic rings. The van der Waals surface area contributed by atoms with Crippen molar-refractivity contribution in [1.29, 1.82) is 0 Å². The van der Waals surface area contributed by atoms with Gasteiger partial charge in [0, 0.05) is 0 Å². The van der Waals surface area contributed by atoms with Crippen molar-refractivity contribution < 1.29 is 49.1 Å². The van der Waals surface area contributed by atoms with Crippen LogP contribution in [0.5, 0.6) is 5.75 Å². The maximum absolute atomic E-state index is 8.63. The van der Waals surface area contributed by atoms with Gasteiger partial charge in [0.2, 0.25) is 0 Å². The quantitative estimate of drug-likeness (QED) is 0.260. The molecule has 0 atom stereocenters. The van der Waals surface area contributed by atoms with Gasteiger partial charge in [-0.25, -0.2) is 0 Å². The zero-order valence-corrected chi connectivity index (χ0v) is 11.9. The van der Waals surface area contributed by atoms with Crippen LogP contribution in [0.15, 0.2) is 30.3 Å². The van der Waals surface area contributed by atoms with Gasteiger partial charge < -0.3 is 49.1 Å². The Morgan fingerprint density at radius 2 is 0.737 bits per heavy atom. The molecule has 0 bridgehead atoms. The summed E-state index contributed by atoms with van der Waals surface area (Å²) in [6, 6.07) is 8.71. The van der Waals surface area contributed by atoms with E-state index < -0.39 is 25.8 Å². The molecule has 10 N–H and O–H groups in total. The molecular weight excluding hydrogens is 325 g/mol. The fourth-order valence-electron chi connectivity index (χ4n) is 0.428. The maximum atomic E-state index is 8.63. The highest BCUT2D eigenvalue weighted by Crippen LogP contribution is 2.12. The molecule has 0 heterocycles. The van der Waals surface area contributed by atoms with Crippen molar-refractivity contribution >= 4 is 25.8 Å². The zero-order valence-electron chi connectivity index (χ0n) is 9.20. The van der Waals surface area contributed by atoms with E-state index >= 15 is 0 Å². The third kappa shape index (κ3) is 72.3. The van der Waals surface area contributed by atoms with Crippen molar-refractivity contribution in [2.24, 2.45) is 0 Å². The number of phenolic OH excluding ortho intramolecular Hbond substituents is 1. The van der Waals surface area contributed by atoms with Crippen molar-refractivity contribution in [1.82, 2.24) is 0 Å². The Kier molecular flexibility index (Phi) is 22.7. The average molecular weight is 340 g/mol. The first-order valence-corrected chi connectivity index (χ1v) is 7.53. The van der Waals surface area contributed by atoms with E-state index in [2.05, 4.69) is 0 Å². The summed E-state index contributed by atoms with van der Waals surface area (Å²) in [6.07, 6.45) is 0. The van der Waals surface area contributed by atoms with Crippen LogP contribution in [-0.2, 0) is 0 Å². The number of rotatable bonds is 0. The fraction of sp³-hybridized carbons (Fsp3) is 0. The minimum atomic E-state index is -2.62. The van der Waals surface area contributed by atoms with E-state index in [-0.39, 0.29) is 0 Å². The van der Waals surface area contributed by atoms with Gasteiger partial charge in [-0.05, 0) is 12.1 Å². The Morgan fingerprint density at radius 1 is 0.526 bits per heavy atom. The van der Waals surface area contributed by atoms with Gasteiger partial charge in [-0.15, -0.1) is 0 Å². The van der Waals surface area contributed by atoms with Crippen LogP contribution >= 0.6 is 25.8 Å². The smallest absolute Gasteiger partial charge is 0.324 e. The minimum Gasteiger partial charge on any atom is -0.508 e. The number of hydrogen-bond acceptors (Lipinski definition) is 10. The lowest BCUT2D eigenvalue weighted by Gasteiger charge is -1.82. The van der Waals surface area contributed by atoms with E-state index in [9.17, 15) is 0 Å². The predicted molar refractivity (Wildman–Crippen MR) is 68.8 cm³/mol. The molecule has 0 saturated heterocycles. The monoisotopic (exact) mass is 340 g/mol. The van der Waals surface area contributed by atoms with Crippen LogP contribution in [0, 0.1) is 0 Å². The van der Waals surface area contributed by atoms with E-state index in [1.807, 2.05) is 6.07 Å². The summed E-state index contributed by atoms with van der Waals surface area (Å²) in [5.41, 5.74) is 0. The van der Waals surface area contributed by atoms with Crippen LogP contribution in [0.1, 0.15) is 0 Å². The van der Waals surface area contributed by atoms with Crippen LogP contribution in [0.25, 0.3) is 0 Å². The van der Waals surface area contributed by atoms with E-state index in [1.165, 1.54) is 0 Å². The molecule has 1 rings (SSSR count).